The maximum Gasteiger partial charge on any atom is 0.246 e. The van der Waals surface area contributed by atoms with Crippen LogP contribution in [0.4, 0.5) is 10.1 Å². The molecule has 1 aliphatic rings. The molecule has 0 saturated carbocycles. The number of nitrogens with two attached hydrogens (primary N) is 1. The third kappa shape index (κ3) is 2.82. The summed E-state index contributed by atoms with van der Waals surface area (Å²) >= 11 is 3.04. The molecule has 6 nitrogen and oxygen atoms in total. The quantitative estimate of drug-likeness (QED) is 0.760. The summed E-state index contributed by atoms with van der Waals surface area (Å²) in [6.07, 6.45) is 0. The molecule has 0 bridgehead atoms. The van der Waals surface area contributed by atoms with Gasteiger partial charge in [-0.05, 0) is 28.1 Å². The van der Waals surface area contributed by atoms with Crippen LogP contribution in [0.1, 0.15) is 0 Å². The molecule has 20 heavy (non-hydrogen) atoms. The molecule has 1 atom stereocenters. The van der Waals surface area contributed by atoms with Gasteiger partial charge in [-0.25, -0.2) is 12.8 Å². The topological polar surface area (TPSA) is 92.9 Å². The highest BCUT2D eigenvalue weighted by Crippen LogP contribution is 2.29. The number of halogens is 2. The van der Waals surface area contributed by atoms with E-state index in [2.05, 4.69) is 15.9 Å². The Labute approximate surface area is 124 Å². The number of ether oxygens (including phenoxy) is 1. The van der Waals surface area contributed by atoms with E-state index in [1.807, 2.05) is 0 Å². The van der Waals surface area contributed by atoms with Gasteiger partial charge in [-0.2, -0.15) is 4.31 Å². The van der Waals surface area contributed by atoms with Crippen molar-refractivity contribution >= 4 is 31.6 Å². The number of hydrogen-bond donors (Lipinski definition) is 2. The van der Waals surface area contributed by atoms with Crippen molar-refractivity contribution in [3.63, 3.8) is 0 Å². The maximum absolute atomic E-state index is 13.9. The minimum absolute atomic E-state index is 0.0585. The normalized spacial score (nSPS) is 21.1. The predicted octanol–water partition coefficient (Wildman–Crippen LogP) is 0.552. The number of anilines is 1. The van der Waals surface area contributed by atoms with Crippen molar-refractivity contribution in [1.82, 2.24) is 4.31 Å². The Hall–Kier alpha value is -0.740. The largest absolute Gasteiger partial charge is 0.398 e. The second-order valence-electron chi connectivity index (χ2n) is 4.33. The molecule has 0 radical (unpaired) electrons. The molecule has 1 heterocycles. The van der Waals surface area contributed by atoms with Gasteiger partial charge in [0.1, 0.15) is 10.7 Å². The Balaban J connectivity index is 2.46. The van der Waals surface area contributed by atoms with Crippen molar-refractivity contribution in [3.8, 4) is 0 Å². The second-order valence-corrected chi connectivity index (χ2v) is 7.04. The van der Waals surface area contributed by atoms with Crippen LogP contribution < -0.4 is 5.73 Å². The minimum atomic E-state index is -4.08. The van der Waals surface area contributed by atoms with E-state index in [9.17, 15) is 17.9 Å². The number of hydrogen-bond acceptors (Lipinski definition) is 5. The van der Waals surface area contributed by atoms with Crippen LogP contribution in [0, 0.1) is 5.82 Å². The van der Waals surface area contributed by atoms with E-state index in [4.69, 9.17) is 10.5 Å². The van der Waals surface area contributed by atoms with Crippen LogP contribution in [0.3, 0.4) is 0 Å². The molecule has 0 aromatic heterocycles. The molecular formula is C11H14BrFN2O4S. The number of nitrogen functional groups attached to an aromatic ring is 1. The Bertz CT molecular complexity index is 611. The average molecular weight is 369 g/mol. The molecule has 1 saturated heterocycles. The molecule has 3 N–H and O–H groups in total. The molecule has 0 aliphatic carbocycles. The van der Waals surface area contributed by atoms with E-state index in [0.29, 0.717) is 0 Å². The standard InChI is InChI=1S/C11H14BrFN2O4S/c12-8-3-9(13)11(4-10(8)14)20(17,18)15-1-2-19-6-7(15)5-16/h3-4,7,16H,1-2,5-6,14H2. The van der Waals surface area contributed by atoms with Crippen molar-refractivity contribution in [3.05, 3.63) is 22.4 Å². The third-order valence-electron chi connectivity index (χ3n) is 3.02. The summed E-state index contributed by atoms with van der Waals surface area (Å²) in [6, 6.07) is 1.35. The van der Waals surface area contributed by atoms with Gasteiger partial charge in [0.25, 0.3) is 0 Å². The first-order valence-corrected chi connectivity index (χ1v) is 8.06. The summed E-state index contributed by atoms with van der Waals surface area (Å²) < 4.78 is 45.4. The van der Waals surface area contributed by atoms with Gasteiger partial charge in [-0.15, -0.1) is 0 Å². The lowest BCUT2D eigenvalue weighted by atomic mass is 10.3. The summed E-state index contributed by atoms with van der Waals surface area (Å²) in [5, 5.41) is 9.23. The van der Waals surface area contributed by atoms with Crippen molar-refractivity contribution in [2.45, 2.75) is 10.9 Å². The van der Waals surface area contributed by atoms with Crippen LogP contribution in [0.5, 0.6) is 0 Å². The lowest BCUT2D eigenvalue weighted by molar-refractivity contribution is 0.0108. The number of morpholine rings is 1. The molecule has 1 fully saturated rings. The van der Waals surface area contributed by atoms with Crippen molar-refractivity contribution in [2.75, 3.05) is 32.1 Å². The van der Waals surface area contributed by atoms with Crippen LogP contribution >= 0.6 is 15.9 Å². The van der Waals surface area contributed by atoms with Gasteiger partial charge < -0.3 is 15.6 Å². The van der Waals surface area contributed by atoms with E-state index in [0.717, 1.165) is 16.4 Å². The van der Waals surface area contributed by atoms with E-state index in [1.165, 1.54) is 0 Å². The van der Waals surface area contributed by atoms with Gasteiger partial charge in [-0.3, -0.25) is 0 Å². The van der Waals surface area contributed by atoms with Gasteiger partial charge in [0.05, 0.1) is 25.9 Å². The SMILES string of the molecule is Nc1cc(S(=O)(=O)N2CCOCC2CO)c(F)cc1Br. The number of aliphatic hydroxyl groups is 1. The molecule has 112 valence electrons. The van der Waals surface area contributed by atoms with Gasteiger partial charge in [0, 0.05) is 16.7 Å². The number of sulfonamides is 1. The zero-order valence-electron chi connectivity index (χ0n) is 10.4. The fraction of sp³-hybridized carbons (Fsp3) is 0.455. The summed E-state index contributed by atoms with van der Waals surface area (Å²) in [6.45, 7) is -0.0669. The molecule has 9 heteroatoms. The van der Waals surface area contributed by atoms with Crippen LogP contribution in [-0.2, 0) is 14.8 Å². The molecule has 1 aromatic carbocycles. The van der Waals surface area contributed by atoms with E-state index >= 15 is 0 Å². The number of rotatable bonds is 3. The summed E-state index contributed by atoms with van der Waals surface area (Å²) in [7, 11) is -4.08. The summed E-state index contributed by atoms with van der Waals surface area (Å²) in [4.78, 5) is -0.501. The van der Waals surface area contributed by atoms with Crippen molar-refractivity contribution < 1.29 is 22.7 Å². The highest BCUT2D eigenvalue weighted by Gasteiger charge is 2.35. The van der Waals surface area contributed by atoms with Gasteiger partial charge in [-0.1, -0.05) is 0 Å². The average Bonchev–Trinajstić information content (AvgIpc) is 2.42. The number of nitrogens with zero attached hydrogens (tertiary/aromatic N) is 1. The Morgan fingerprint density at radius 2 is 2.25 bits per heavy atom. The smallest absolute Gasteiger partial charge is 0.246 e. The Morgan fingerprint density at radius 3 is 2.90 bits per heavy atom. The fourth-order valence-corrected chi connectivity index (χ4v) is 3.95. The van der Waals surface area contributed by atoms with Crippen molar-refractivity contribution in [1.29, 1.82) is 0 Å². The zero-order chi connectivity index (χ0) is 14.9. The highest BCUT2D eigenvalue weighted by atomic mass is 79.9. The Morgan fingerprint density at radius 1 is 1.55 bits per heavy atom. The van der Waals surface area contributed by atoms with E-state index in [-0.39, 0.29) is 29.9 Å². The molecule has 2 rings (SSSR count). The first-order valence-electron chi connectivity index (χ1n) is 5.83. The lowest BCUT2D eigenvalue weighted by Gasteiger charge is -2.33. The van der Waals surface area contributed by atoms with Gasteiger partial charge in [0.2, 0.25) is 10.0 Å². The van der Waals surface area contributed by atoms with Crippen LogP contribution in [-0.4, -0.2) is 50.2 Å². The minimum Gasteiger partial charge on any atom is -0.398 e. The fourth-order valence-electron chi connectivity index (χ4n) is 1.97. The highest BCUT2D eigenvalue weighted by molar-refractivity contribution is 9.10. The first-order chi connectivity index (χ1) is 9.37. The first kappa shape index (κ1) is 15.6. The Kier molecular flexibility index (Phi) is 4.65. The van der Waals surface area contributed by atoms with E-state index in [1.54, 1.807) is 0 Å². The lowest BCUT2D eigenvalue weighted by Crippen LogP contribution is -2.50. The summed E-state index contributed by atoms with van der Waals surface area (Å²) in [5.41, 5.74) is 5.74. The van der Waals surface area contributed by atoms with Crippen LogP contribution in [0.25, 0.3) is 0 Å². The zero-order valence-corrected chi connectivity index (χ0v) is 12.8. The van der Waals surface area contributed by atoms with Gasteiger partial charge in [0.15, 0.2) is 0 Å². The maximum atomic E-state index is 13.9. The van der Waals surface area contributed by atoms with E-state index < -0.39 is 33.4 Å². The predicted molar refractivity (Wildman–Crippen MR) is 74.1 cm³/mol. The number of aliphatic hydroxyl groups excluding tert-OH is 1. The molecule has 1 unspecified atom stereocenters. The summed E-state index contributed by atoms with van der Waals surface area (Å²) in [5.74, 6) is -0.894. The van der Waals surface area contributed by atoms with Crippen molar-refractivity contribution in [2.24, 2.45) is 0 Å². The molecular weight excluding hydrogens is 355 g/mol. The second kappa shape index (κ2) is 5.94. The number of benzene rings is 1. The molecule has 1 aromatic rings. The monoisotopic (exact) mass is 368 g/mol. The van der Waals surface area contributed by atoms with Crippen LogP contribution in [0.2, 0.25) is 0 Å². The molecule has 1 aliphatic heterocycles. The third-order valence-corrected chi connectivity index (χ3v) is 5.68. The molecule has 0 amide bonds. The molecule has 0 spiro atoms. The van der Waals surface area contributed by atoms with Gasteiger partial charge >= 0.3 is 0 Å². The van der Waals surface area contributed by atoms with Crippen LogP contribution in [0.15, 0.2) is 21.5 Å².